The molecule has 0 aliphatic heterocycles. The van der Waals surface area contributed by atoms with Crippen molar-refractivity contribution in [2.75, 3.05) is 19.8 Å². The molecular formula is C14H29NO. The van der Waals surface area contributed by atoms with Crippen LogP contribution >= 0.6 is 0 Å². The molecule has 1 N–H and O–H groups in total. The smallest absolute Gasteiger partial charge is 0.0591 e. The molecule has 0 aromatic rings. The van der Waals surface area contributed by atoms with Crippen molar-refractivity contribution in [3.63, 3.8) is 0 Å². The maximum atomic E-state index is 5.59. The van der Waals surface area contributed by atoms with E-state index in [1.807, 2.05) is 0 Å². The van der Waals surface area contributed by atoms with Gasteiger partial charge in [-0.25, -0.2) is 0 Å². The van der Waals surface area contributed by atoms with Gasteiger partial charge in [0.25, 0.3) is 0 Å². The van der Waals surface area contributed by atoms with Crippen molar-refractivity contribution in [2.24, 2.45) is 11.8 Å². The van der Waals surface area contributed by atoms with Crippen molar-refractivity contribution >= 4 is 0 Å². The molecule has 1 aliphatic carbocycles. The van der Waals surface area contributed by atoms with Gasteiger partial charge in [0.15, 0.2) is 0 Å². The number of hydrogen-bond donors (Lipinski definition) is 1. The van der Waals surface area contributed by atoms with E-state index in [0.717, 1.165) is 31.7 Å². The van der Waals surface area contributed by atoms with E-state index < -0.39 is 0 Å². The third-order valence-corrected chi connectivity index (χ3v) is 3.54. The summed E-state index contributed by atoms with van der Waals surface area (Å²) in [6, 6.07) is 0.751. The van der Waals surface area contributed by atoms with Crippen molar-refractivity contribution < 1.29 is 4.74 Å². The molecule has 0 aromatic heterocycles. The standard InChI is InChI=1S/C14H29NO/c1-4-13-7-5-6-8-14(13)15-9-10-16-11-12(2)3/h12-15H,4-11H2,1-3H3. The Kier molecular flexibility index (Phi) is 7.06. The van der Waals surface area contributed by atoms with Gasteiger partial charge in [0.2, 0.25) is 0 Å². The zero-order valence-corrected chi connectivity index (χ0v) is 11.3. The van der Waals surface area contributed by atoms with Gasteiger partial charge in [-0.1, -0.05) is 40.0 Å². The zero-order valence-electron chi connectivity index (χ0n) is 11.3. The van der Waals surface area contributed by atoms with Gasteiger partial charge in [-0.3, -0.25) is 0 Å². The molecule has 1 saturated carbocycles. The van der Waals surface area contributed by atoms with Crippen LogP contribution in [0, 0.1) is 11.8 Å². The largest absolute Gasteiger partial charge is 0.380 e. The topological polar surface area (TPSA) is 21.3 Å². The lowest BCUT2D eigenvalue weighted by Gasteiger charge is -2.31. The van der Waals surface area contributed by atoms with Crippen LogP contribution < -0.4 is 5.32 Å². The fourth-order valence-electron chi connectivity index (χ4n) is 2.60. The predicted molar refractivity (Wildman–Crippen MR) is 69.7 cm³/mol. The van der Waals surface area contributed by atoms with Gasteiger partial charge in [0.1, 0.15) is 0 Å². The molecule has 2 heteroatoms. The van der Waals surface area contributed by atoms with Crippen LogP contribution in [0.3, 0.4) is 0 Å². The summed E-state index contributed by atoms with van der Waals surface area (Å²) in [7, 11) is 0. The quantitative estimate of drug-likeness (QED) is 0.674. The van der Waals surface area contributed by atoms with Crippen molar-refractivity contribution in [3.05, 3.63) is 0 Å². The first-order chi connectivity index (χ1) is 7.74. The van der Waals surface area contributed by atoms with Crippen molar-refractivity contribution in [2.45, 2.75) is 58.9 Å². The average Bonchev–Trinajstić information content (AvgIpc) is 2.29. The summed E-state index contributed by atoms with van der Waals surface area (Å²) in [5, 5.41) is 3.67. The van der Waals surface area contributed by atoms with E-state index in [-0.39, 0.29) is 0 Å². The van der Waals surface area contributed by atoms with Gasteiger partial charge in [-0.15, -0.1) is 0 Å². The van der Waals surface area contributed by atoms with Gasteiger partial charge in [0, 0.05) is 19.2 Å². The molecule has 0 saturated heterocycles. The summed E-state index contributed by atoms with van der Waals surface area (Å²) in [5.74, 6) is 1.55. The van der Waals surface area contributed by atoms with Crippen molar-refractivity contribution in [1.82, 2.24) is 5.32 Å². The summed E-state index contributed by atoms with van der Waals surface area (Å²) in [5.41, 5.74) is 0. The Morgan fingerprint density at radius 1 is 1.25 bits per heavy atom. The summed E-state index contributed by atoms with van der Waals surface area (Å²) in [6.07, 6.45) is 6.94. The molecule has 0 aromatic carbocycles. The van der Waals surface area contributed by atoms with E-state index >= 15 is 0 Å². The molecular weight excluding hydrogens is 198 g/mol. The lowest BCUT2D eigenvalue weighted by molar-refractivity contribution is 0.106. The minimum Gasteiger partial charge on any atom is -0.380 e. The molecule has 96 valence electrons. The lowest BCUT2D eigenvalue weighted by atomic mass is 9.83. The maximum absolute atomic E-state index is 5.59. The van der Waals surface area contributed by atoms with Crippen LogP contribution in [-0.4, -0.2) is 25.8 Å². The second-order valence-electron chi connectivity index (χ2n) is 5.48. The molecule has 1 rings (SSSR count). The number of hydrogen-bond acceptors (Lipinski definition) is 2. The van der Waals surface area contributed by atoms with Crippen LogP contribution in [0.15, 0.2) is 0 Å². The van der Waals surface area contributed by atoms with Gasteiger partial charge in [0.05, 0.1) is 6.61 Å². The van der Waals surface area contributed by atoms with Gasteiger partial charge >= 0.3 is 0 Å². The molecule has 2 atom stereocenters. The van der Waals surface area contributed by atoms with Crippen LogP contribution in [0.2, 0.25) is 0 Å². The summed E-state index contributed by atoms with van der Waals surface area (Å²) in [4.78, 5) is 0. The van der Waals surface area contributed by atoms with Crippen LogP contribution in [0.4, 0.5) is 0 Å². The predicted octanol–water partition coefficient (Wildman–Crippen LogP) is 3.22. The Hall–Kier alpha value is -0.0800. The minimum atomic E-state index is 0.651. The first-order valence-corrected chi connectivity index (χ1v) is 7.05. The van der Waals surface area contributed by atoms with Crippen molar-refractivity contribution in [3.8, 4) is 0 Å². The van der Waals surface area contributed by atoms with Gasteiger partial charge in [-0.2, -0.15) is 0 Å². The number of rotatable bonds is 7. The fraction of sp³-hybridized carbons (Fsp3) is 1.00. The highest BCUT2D eigenvalue weighted by Crippen LogP contribution is 2.26. The monoisotopic (exact) mass is 227 g/mol. The molecule has 2 nitrogen and oxygen atoms in total. The Bertz CT molecular complexity index is 170. The maximum Gasteiger partial charge on any atom is 0.0591 e. The first-order valence-electron chi connectivity index (χ1n) is 7.05. The Morgan fingerprint density at radius 3 is 2.69 bits per heavy atom. The summed E-state index contributed by atoms with van der Waals surface area (Å²) >= 11 is 0. The van der Waals surface area contributed by atoms with E-state index in [1.165, 1.54) is 32.1 Å². The SMILES string of the molecule is CCC1CCCCC1NCCOCC(C)C. The molecule has 2 unspecified atom stereocenters. The second-order valence-corrected chi connectivity index (χ2v) is 5.48. The minimum absolute atomic E-state index is 0.651. The summed E-state index contributed by atoms with van der Waals surface area (Å²) < 4.78 is 5.59. The lowest BCUT2D eigenvalue weighted by Crippen LogP contribution is -2.40. The third kappa shape index (κ3) is 5.31. The first kappa shape index (κ1) is 14.0. The summed E-state index contributed by atoms with van der Waals surface area (Å²) in [6.45, 7) is 9.49. The molecule has 1 fully saturated rings. The highest BCUT2D eigenvalue weighted by Gasteiger charge is 2.22. The molecule has 16 heavy (non-hydrogen) atoms. The highest BCUT2D eigenvalue weighted by molar-refractivity contribution is 4.79. The zero-order chi connectivity index (χ0) is 11.8. The third-order valence-electron chi connectivity index (χ3n) is 3.54. The van der Waals surface area contributed by atoms with Crippen LogP contribution in [-0.2, 0) is 4.74 Å². The second kappa shape index (κ2) is 8.08. The van der Waals surface area contributed by atoms with Crippen molar-refractivity contribution in [1.29, 1.82) is 0 Å². The number of nitrogens with one attached hydrogen (secondary N) is 1. The normalized spacial score (nSPS) is 26.2. The molecule has 0 radical (unpaired) electrons. The molecule has 1 aliphatic rings. The van der Waals surface area contributed by atoms with Crippen LogP contribution in [0.25, 0.3) is 0 Å². The van der Waals surface area contributed by atoms with E-state index in [1.54, 1.807) is 0 Å². The van der Waals surface area contributed by atoms with Crippen LogP contribution in [0.5, 0.6) is 0 Å². The van der Waals surface area contributed by atoms with E-state index in [9.17, 15) is 0 Å². The molecule has 0 bridgehead atoms. The Morgan fingerprint density at radius 2 is 2.00 bits per heavy atom. The Labute approximate surface area is 101 Å². The Balaban J connectivity index is 2.06. The molecule has 0 amide bonds. The molecule has 0 spiro atoms. The number of ether oxygens (including phenoxy) is 1. The van der Waals surface area contributed by atoms with E-state index in [4.69, 9.17) is 4.74 Å². The van der Waals surface area contributed by atoms with Gasteiger partial charge < -0.3 is 10.1 Å². The van der Waals surface area contributed by atoms with Gasteiger partial charge in [-0.05, 0) is 24.7 Å². The average molecular weight is 227 g/mol. The van der Waals surface area contributed by atoms with E-state index in [0.29, 0.717) is 5.92 Å². The van der Waals surface area contributed by atoms with Crippen LogP contribution in [0.1, 0.15) is 52.9 Å². The van der Waals surface area contributed by atoms with E-state index in [2.05, 4.69) is 26.1 Å². The highest BCUT2D eigenvalue weighted by atomic mass is 16.5. The molecule has 0 heterocycles. The fourth-order valence-corrected chi connectivity index (χ4v) is 2.60.